The van der Waals surface area contributed by atoms with Crippen molar-refractivity contribution in [2.45, 2.75) is 33.7 Å². The lowest BCUT2D eigenvalue weighted by atomic mass is 9.89. The third-order valence-electron chi connectivity index (χ3n) is 3.16. The van der Waals surface area contributed by atoms with Crippen LogP contribution >= 0.6 is 12.2 Å². The maximum atomic E-state index is 11.9. The predicted octanol–water partition coefficient (Wildman–Crippen LogP) is 2.37. The summed E-state index contributed by atoms with van der Waals surface area (Å²) in [5, 5.41) is 2.93. The van der Waals surface area contributed by atoms with E-state index < -0.39 is 0 Å². The summed E-state index contributed by atoms with van der Waals surface area (Å²) >= 11 is 4.93. The summed E-state index contributed by atoms with van der Waals surface area (Å²) in [6, 6.07) is 7.60. The maximum absolute atomic E-state index is 11.9. The van der Waals surface area contributed by atoms with Gasteiger partial charge in [0.1, 0.15) is 4.99 Å². The van der Waals surface area contributed by atoms with Gasteiger partial charge in [-0.1, -0.05) is 51.2 Å². The highest BCUT2D eigenvalue weighted by Crippen LogP contribution is 2.19. The molecular weight excluding hydrogens is 244 g/mol. The van der Waals surface area contributed by atoms with Crippen LogP contribution in [-0.4, -0.2) is 10.9 Å². The number of carbonyl (C=O) groups is 1. The fourth-order valence-corrected chi connectivity index (χ4v) is 1.54. The van der Waals surface area contributed by atoms with Crippen molar-refractivity contribution in [2.75, 3.05) is 0 Å². The van der Waals surface area contributed by atoms with Crippen LogP contribution in [0.15, 0.2) is 24.3 Å². The molecule has 0 heterocycles. The van der Waals surface area contributed by atoms with Gasteiger partial charge < -0.3 is 11.1 Å². The van der Waals surface area contributed by atoms with Gasteiger partial charge in [-0.25, -0.2) is 0 Å². The number of benzene rings is 1. The van der Waals surface area contributed by atoms with Gasteiger partial charge in [0.05, 0.1) is 0 Å². The lowest BCUT2D eigenvalue weighted by molar-refractivity contribution is -0.129. The fraction of sp³-hybridized carbons (Fsp3) is 0.429. The molecule has 1 aromatic rings. The van der Waals surface area contributed by atoms with Crippen molar-refractivity contribution in [3.8, 4) is 0 Å². The van der Waals surface area contributed by atoms with Crippen molar-refractivity contribution in [1.82, 2.24) is 5.32 Å². The Labute approximate surface area is 114 Å². The van der Waals surface area contributed by atoms with Gasteiger partial charge in [0.25, 0.3) is 0 Å². The molecule has 0 saturated heterocycles. The zero-order valence-corrected chi connectivity index (χ0v) is 11.9. The van der Waals surface area contributed by atoms with E-state index in [0.717, 1.165) is 17.5 Å². The molecule has 0 aromatic heterocycles. The summed E-state index contributed by atoms with van der Waals surface area (Å²) in [5.74, 6) is 0.0609. The van der Waals surface area contributed by atoms with Crippen LogP contribution in [0.3, 0.4) is 0 Å². The van der Waals surface area contributed by atoms with Crippen LogP contribution in [0, 0.1) is 5.41 Å². The third-order valence-corrected chi connectivity index (χ3v) is 3.40. The molecule has 0 radical (unpaired) electrons. The standard InChI is InChI=1S/C14H20N2OS/c1-4-14(2,3)13(17)16-9-10-6-5-7-11(8-10)12(15)18/h5-8H,4,9H2,1-3H3,(H2,15,18)(H,16,17). The summed E-state index contributed by atoms with van der Waals surface area (Å²) in [4.78, 5) is 12.3. The minimum absolute atomic E-state index is 0.0609. The Hall–Kier alpha value is -1.42. The molecule has 0 aliphatic rings. The van der Waals surface area contributed by atoms with Crippen molar-refractivity contribution in [1.29, 1.82) is 0 Å². The molecule has 1 rings (SSSR count). The molecule has 0 aliphatic heterocycles. The molecule has 0 spiro atoms. The highest BCUT2D eigenvalue weighted by Gasteiger charge is 2.24. The summed E-state index contributed by atoms with van der Waals surface area (Å²) in [5.41, 5.74) is 7.07. The van der Waals surface area contributed by atoms with Crippen LogP contribution < -0.4 is 11.1 Å². The number of thiocarbonyl (C=S) groups is 1. The third kappa shape index (κ3) is 3.81. The monoisotopic (exact) mass is 264 g/mol. The molecule has 0 saturated carbocycles. The quantitative estimate of drug-likeness (QED) is 0.803. The zero-order valence-electron chi connectivity index (χ0n) is 11.1. The Balaban J connectivity index is 2.67. The second-order valence-corrected chi connectivity index (χ2v) is 5.42. The van der Waals surface area contributed by atoms with E-state index in [4.69, 9.17) is 18.0 Å². The van der Waals surface area contributed by atoms with Gasteiger partial charge in [-0.15, -0.1) is 0 Å². The average molecular weight is 264 g/mol. The number of hydrogen-bond acceptors (Lipinski definition) is 2. The highest BCUT2D eigenvalue weighted by molar-refractivity contribution is 7.80. The second-order valence-electron chi connectivity index (χ2n) is 4.98. The number of carbonyl (C=O) groups excluding carboxylic acids is 1. The largest absolute Gasteiger partial charge is 0.389 e. The van der Waals surface area contributed by atoms with Crippen molar-refractivity contribution in [3.63, 3.8) is 0 Å². The molecule has 1 amide bonds. The number of hydrogen-bond donors (Lipinski definition) is 2. The van der Waals surface area contributed by atoms with Gasteiger partial charge in [-0.05, 0) is 18.1 Å². The Kier molecular flexibility index (Phi) is 4.84. The fourth-order valence-electron chi connectivity index (χ4n) is 1.42. The van der Waals surface area contributed by atoms with E-state index in [2.05, 4.69) is 5.32 Å². The molecule has 3 N–H and O–H groups in total. The molecule has 0 bridgehead atoms. The molecule has 18 heavy (non-hydrogen) atoms. The van der Waals surface area contributed by atoms with E-state index in [1.807, 2.05) is 45.0 Å². The molecular formula is C14H20N2OS. The van der Waals surface area contributed by atoms with Crippen LogP contribution in [0.2, 0.25) is 0 Å². The van der Waals surface area contributed by atoms with E-state index >= 15 is 0 Å². The molecule has 0 unspecified atom stereocenters. The lowest BCUT2D eigenvalue weighted by Gasteiger charge is -2.21. The Morgan fingerprint density at radius 3 is 2.67 bits per heavy atom. The maximum Gasteiger partial charge on any atom is 0.225 e. The van der Waals surface area contributed by atoms with Gasteiger partial charge in [0.15, 0.2) is 0 Å². The molecule has 0 fully saturated rings. The first-order valence-electron chi connectivity index (χ1n) is 6.04. The van der Waals surface area contributed by atoms with Gasteiger partial charge in [-0.2, -0.15) is 0 Å². The first-order valence-corrected chi connectivity index (χ1v) is 6.44. The normalized spacial score (nSPS) is 11.1. The van der Waals surface area contributed by atoms with E-state index in [-0.39, 0.29) is 11.3 Å². The summed E-state index contributed by atoms with van der Waals surface area (Å²) in [6.07, 6.45) is 0.811. The summed E-state index contributed by atoms with van der Waals surface area (Å²) in [6.45, 7) is 6.38. The van der Waals surface area contributed by atoms with Crippen molar-refractivity contribution in [3.05, 3.63) is 35.4 Å². The second kappa shape index (κ2) is 5.96. The Morgan fingerprint density at radius 1 is 1.44 bits per heavy atom. The molecule has 0 aliphatic carbocycles. The van der Waals surface area contributed by atoms with Gasteiger partial charge in [0, 0.05) is 17.5 Å². The van der Waals surface area contributed by atoms with Gasteiger partial charge in [0.2, 0.25) is 5.91 Å². The highest BCUT2D eigenvalue weighted by atomic mass is 32.1. The van der Waals surface area contributed by atoms with Crippen molar-refractivity contribution < 1.29 is 4.79 Å². The predicted molar refractivity (Wildman–Crippen MR) is 78.2 cm³/mol. The van der Waals surface area contributed by atoms with Gasteiger partial charge >= 0.3 is 0 Å². The molecule has 0 atom stereocenters. The van der Waals surface area contributed by atoms with Crippen LogP contribution in [0.1, 0.15) is 38.3 Å². The van der Waals surface area contributed by atoms with E-state index in [0.29, 0.717) is 11.5 Å². The average Bonchev–Trinajstić information content (AvgIpc) is 2.36. The molecule has 3 nitrogen and oxygen atoms in total. The van der Waals surface area contributed by atoms with E-state index in [9.17, 15) is 4.79 Å². The van der Waals surface area contributed by atoms with Gasteiger partial charge in [-0.3, -0.25) is 4.79 Å². The summed E-state index contributed by atoms with van der Waals surface area (Å²) < 4.78 is 0. The number of nitrogens with one attached hydrogen (secondary N) is 1. The smallest absolute Gasteiger partial charge is 0.225 e. The van der Waals surface area contributed by atoms with Crippen molar-refractivity contribution in [2.24, 2.45) is 11.1 Å². The van der Waals surface area contributed by atoms with E-state index in [1.165, 1.54) is 0 Å². The zero-order chi connectivity index (χ0) is 13.8. The minimum atomic E-state index is -0.333. The number of nitrogens with two attached hydrogens (primary N) is 1. The van der Waals surface area contributed by atoms with Crippen molar-refractivity contribution >= 4 is 23.1 Å². The molecule has 4 heteroatoms. The van der Waals surface area contributed by atoms with E-state index in [1.54, 1.807) is 0 Å². The Bertz CT molecular complexity index is 455. The van der Waals surface area contributed by atoms with Crippen LogP contribution in [0.5, 0.6) is 0 Å². The first-order chi connectivity index (χ1) is 8.36. The van der Waals surface area contributed by atoms with Crippen LogP contribution in [0.25, 0.3) is 0 Å². The van der Waals surface area contributed by atoms with Crippen LogP contribution in [-0.2, 0) is 11.3 Å². The number of rotatable bonds is 5. The SMILES string of the molecule is CCC(C)(C)C(=O)NCc1cccc(C(N)=S)c1. The van der Waals surface area contributed by atoms with Crippen LogP contribution in [0.4, 0.5) is 0 Å². The first kappa shape index (κ1) is 14.6. The molecule has 1 aromatic carbocycles. The summed E-state index contributed by atoms with van der Waals surface area (Å²) in [7, 11) is 0. The minimum Gasteiger partial charge on any atom is -0.389 e. The topological polar surface area (TPSA) is 55.1 Å². The molecule has 98 valence electrons. The number of amides is 1. The lowest BCUT2D eigenvalue weighted by Crippen LogP contribution is -2.36. The Morgan fingerprint density at radius 2 is 2.11 bits per heavy atom.